The van der Waals surface area contributed by atoms with Crippen LogP contribution in [0.15, 0.2) is 18.2 Å². The number of fused-ring (bicyclic) bond motifs is 1. The highest BCUT2D eigenvalue weighted by Crippen LogP contribution is 2.33. The van der Waals surface area contributed by atoms with Gasteiger partial charge in [0.1, 0.15) is 18.4 Å². The Balaban J connectivity index is 1.61. The van der Waals surface area contributed by atoms with E-state index in [4.69, 9.17) is 14.2 Å². The number of carbonyl (C=O) groups excluding carboxylic acids is 4. The predicted molar refractivity (Wildman–Crippen MR) is 104 cm³/mol. The quantitative estimate of drug-likeness (QED) is 0.308. The van der Waals surface area contributed by atoms with E-state index >= 15 is 0 Å². The Hall–Kier alpha value is -2.30. The number of imide groups is 2. The van der Waals surface area contributed by atoms with Crippen LogP contribution in [0.1, 0.15) is 33.6 Å². The third-order valence-corrected chi connectivity index (χ3v) is 4.83. The van der Waals surface area contributed by atoms with E-state index in [1.54, 1.807) is 12.1 Å². The first-order valence-electron chi connectivity index (χ1n) is 9.23. The van der Waals surface area contributed by atoms with Crippen molar-refractivity contribution in [2.24, 2.45) is 0 Å². The van der Waals surface area contributed by atoms with Crippen molar-refractivity contribution in [2.45, 2.75) is 18.9 Å². The van der Waals surface area contributed by atoms with Crippen LogP contribution in [0.25, 0.3) is 0 Å². The Kier molecular flexibility index (Phi) is 7.34. The minimum atomic E-state index is -1.00. The molecular formula is C19H21BrN2O7. The molecule has 9 nitrogen and oxygen atoms in total. The molecule has 3 rings (SSSR count). The molecule has 0 aliphatic carbocycles. The van der Waals surface area contributed by atoms with E-state index in [1.807, 2.05) is 0 Å². The molecule has 0 spiro atoms. The zero-order valence-corrected chi connectivity index (χ0v) is 17.2. The number of rotatable bonds is 10. The Labute approximate surface area is 175 Å². The fourth-order valence-corrected chi connectivity index (χ4v) is 3.42. The van der Waals surface area contributed by atoms with Crippen molar-refractivity contribution < 1.29 is 33.4 Å². The molecule has 1 fully saturated rings. The summed E-state index contributed by atoms with van der Waals surface area (Å²) in [6.45, 7) is 1.98. The highest BCUT2D eigenvalue weighted by atomic mass is 79.9. The molecule has 1 saturated heterocycles. The van der Waals surface area contributed by atoms with Gasteiger partial charge in [0.15, 0.2) is 0 Å². The number of ether oxygens (including phenoxy) is 3. The average Bonchev–Trinajstić information content (AvgIpc) is 2.95. The summed E-state index contributed by atoms with van der Waals surface area (Å²) in [5.74, 6) is -1.96. The van der Waals surface area contributed by atoms with Crippen molar-refractivity contribution in [3.63, 3.8) is 0 Å². The molecule has 1 atom stereocenters. The summed E-state index contributed by atoms with van der Waals surface area (Å²) in [5, 5.41) is 2.93. The lowest BCUT2D eigenvalue weighted by molar-refractivity contribution is -0.136. The van der Waals surface area contributed by atoms with Crippen LogP contribution in [0.4, 0.5) is 0 Å². The number of nitrogens with zero attached hydrogens (tertiary/aromatic N) is 1. The largest absolute Gasteiger partial charge is 0.490 e. The maximum atomic E-state index is 12.9. The number of alkyl halides is 1. The first-order chi connectivity index (χ1) is 14.0. The van der Waals surface area contributed by atoms with Crippen molar-refractivity contribution in [2.75, 3.05) is 38.4 Å². The molecule has 156 valence electrons. The molecule has 2 aliphatic heterocycles. The van der Waals surface area contributed by atoms with Gasteiger partial charge >= 0.3 is 0 Å². The van der Waals surface area contributed by atoms with E-state index in [0.29, 0.717) is 26.4 Å². The van der Waals surface area contributed by atoms with Crippen LogP contribution in [0.3, 0.4) is 0 Å². The van der Waals surface area contributed by atoms with E-state index in [-0.39, 0.29) is 36.3 Å². The number of hydrogen-bond acceptors (Lipinski definition) is 7. The van der Waals surface area contributed by atoms with Gasteiger partial charge in [-0.15, -0.1) is 0 Å². The summed E-state index contributed by atoms with van der Waals surface area (Å²) in [5.41, 5.74) is 0.309. The number of nitrogens with one attached hydrogen (secondary N) is 1. The summed E-state index contributed by atoms with van der Waals surface area (Å²) in [6, 6.07) is 3.72. The van der Waals surface area contributed by atoms with Crippen molar-refractivity contribution in [3.05, 3.63) is 29.3 Å². The Morgan fingerprint density at radius 1 is 1.00 bits per heavy atom. The van der Waals surface area contributed by atoms with Gasteiger partial charge in [-0.1, -0.05) is 22.0 Å². The van der Waals surface area contributed by atoms with Gasteiger partial charge in [0.2, 0.25) is 11.8 Å². The molecule has 1 unspecified atom stereocenters. The monoisotopic (exact) mass is 468 g/mol. The number of halogens is 1. The zero-order chi connectivity index (χ0) is 20.8. The third kappa shape index (κ3) is 4.82. The van der Waals surface area contributed by atoms with E-state index < -0.39 is 29.7 Å². The van der Waals surface area contributed by atoms with Gasteiger partial charge in [-0.25, -0.2) is 0 Å². The van der Waals surface area contributed by atoms with Crippen LogP contribution in [-0.4, -0.2) is 72.9 Å². The summed E-state index contributed by atoms with van der Waals surface area (Å²) in [7, 11) is 0. The van der Waals surface area contributed by atoms with E-state index in [1.165, 1.54) is 6.07 Å². The van der Waals surface area contributed by atoms with E-state index in [9.17, 15) is 19.2 Å². The van der Waals surface area contributed by atoms with Crippen LogP contribution in [0, 0.1) is 0 Å². The number of benzene rings is 1. The number of amides is 4. The van der Waals surface area contributed by atoms with Crippen molar-refractivity contribution in [1.82, 2.24) is 10.2 Å². The van der Waals surface area contributed by atoms with Crippen molar-refractivity contribution in [1.29, 1.82) is 0 Å². The third-order valence-electron chi connectivity index (χ3n) is 4.51. The standard InChI is InChI=1S/C19H21BrN2O7/c20-6-7-27-8-9-28-10-11-29-14-3-1-2-12-16(14)19(26)22(18(12)25)13-4-5-15(23)21-17(13)24/h1-3,13H,4-11H2,(H,21,23,24). The molecule has 1 N–H and O–H groups in total. The highest BCUT2D eigenvalue weighted by Gasteiger charge is 2.45. The summed E-state index contributed by atoms with van der Waals surface area (Å²) >= 11 is 3.26. The fourth-order valence-electron chi connectivity index (χ4n) is 3.19. The molecule has 1 aromatic carbocycles. The second-order valence-electron chi connectivity index (χ2n) is 6.39. The van der Waals surface area contributed by atoms with Gasteiger partial charge < -0.3 is 14.2 Å². The van der Waals surface area contributed by atoms with Gasteiger partial charge in [0.25, 0.3) is 11.8 Å². The van der Waals surface area contributed by atoms with Crippen LogP contribution < -0.4 is 10.1 Å². The van der Waals surface area contributed by atoms with Crippen LogP contribution >= 0.6 is 15.9 Å². The van der Waals surface area contributed by atoms with Gasteiger partial charge in [-0.05, 0) is 18.6 Å². The Morgan fingerprint density at radius 2 is 1.72 bits per heavy atom. The van der Waals surface area contributed by atoms with Crippen LogP contribution in [0.2, 0.25) is 0 Å². The smallest absolute Gasteiger partial charge is 0.266 e. The molecule has 2 aliphatic rings. The first kappa shape index (κ1) is 21.4. The van der Waals surface area contributed by atoms with Gasteiger partial charge in [-0.3, -0.25) is 29.4 Å². The molecule has 0 saturated carbocycles. The molecular weight excluding hydrogens is 448 g/mol. The molecule has 0 bridgehead atoms. The second-order valence-corrected chi connectivity index (χ2v) is 7.18. The molecule has 29 heavy (non-hydrogen) atoms. The van der Waals surface area contributed by atoms with Gasteiger partial charge in [0, 0.05) is 11.8 Å². The predicted octanol–water partition coefficient (Wildman–Crippen LogP) is 0.895. The minimum Gasteiger partial charge on any atom is -0.490 e. The first-order valence-corrected chi connectivity index (χ1v) is 10.4. The second kappa shape index (κ2) is 9.95. The molecule has 0 radical (unpaired) electrons. The van der Waals surface area contributed by atoms with Crippen LogP contribution in [0.5, 0.6) is 5.75 Å². The zero-order valence-electron chi connectivity index (χ0n) is 15.6. The highest BCUT2D eigenvalue weighted by molar-refractivity contribution is 9.09. The maximum Gasteiger partial charge on any atom is 0.266 e. The molecule has 10 heteroatoms. The van der Waals surface area contributed by atoms with Crippen molar-refractivity contribution in [3.8, 4) is 5.75 Å². The molecule has 0 aromatic heterocycles. The fraction of sp³-hybridized carbons (Fsp3) is 0.474. The minimum absolute atomic E-state index is 0.0733. The van der Waals surface area contributed by atoms with E-state index in [2.05, 4.69) is 21.2 Å². The van der Waals surface area contributed by atoms with Gasteiger partial charge in [0.05, 0.1) is 37.6 Å². The lowest BCUT2D eigenvalue weighted by Gasteiger charge is -2.27. The molecule has 4 amide bonds. The lowest BCUT2D eigenvalue weighted by atomic mass is 10.0. The lowest BCUT2D eigenvalue weighted by Crippen LogP contribution is -2.54. The van der Waals surface area contributed by atoms with Crippen LogP contribution in [-0.2, 0) is 19.1 Å². The summed E-state index contributed by atoms with van der Waals surface area (Å²) in [4.78, 5) is 50.0. The summed E-state index contributed by atoms with van der Waals surface area (Å²) in [6.07, 6.45) is 0.182. The Bertz CT molecular complexity index is 814. The Morgan fingerprint density at radius 3 is 2.45 bits per heavy atom. The SMILES string of the molecule is O=C1CCC(N2C(=O)c3cccc(OCCOCCOCCBr)c3C2=O)C(=O)N1. The van der Waals surface area contributed by atoms with Crippen molar-refractivity contribution >= 4 is 39.6 Å². The molecule has 2 heterocycles. The number of piperidine rings is 1. The normalized spacial score (nSPS) is 18.8. The topological polar surface area (TPSA) is 111 Å². The molecule has 1 aromatic rings. The maximum absolute atomic E-state index is 12.9. The summed E-state index contributed by atoms with van der Waals surface area (Å²) < 4.78 is 16.3. The number of carbonyl (C=O) groups is 4. The van der Waals surface area contributed by atoms with Gasteiger partial charge in [-0.2, -0.15) is 0 Å². The van der Waals surface area contributed by atoms with E-state index in [0.717, 1.165) is 10.2 Å². The average molecular weight is 469 g/mol. The number of hydrogen-bond donors (Lipinski definition) is 1.